The smallest absolute Gasteiger partial charge is 0.288 e. The van der Waals surface area contributed by atoms with Gasteiger partial charge in [0.2, 0.25) is 10.0 Å². The number of anilines is 1. The molecule has 3 rings (SSSR count). The second kappa shape index (κ2) is 9.45. The number of carbonyl (C=O) groups excluding carboxylic acids is 1. The Labute approximate surface area is 179 Å². The van der Waals surface area contributed by atoms with Gasteiger partial charge in [0.1, 0.15) is 0 Å². The number of hydrogen-bond donors (Lipinski definition) is 1. The number of nitrogens with one attached hydrogen (secondary N) is 1. The third-order valence-electron chi connectivity index (χ3n) is 4.91. The highest BCUT2D eigenvalue weighted by Crippen LogP contribution is 2.28. The van der Waals surface area contributed by atoms with E-state index in [1.165, 1.54) is 46.8 Å². The van der Waals surface area contributed by atoms with E-state index in [0.29, 0.717) is 35.4 Å². The lowest BCUT2D eigenvalue weighted by Crippen LogP contribution is -2.42. The maximum absolute atomic E-state index is 13.1. The van der Waals surface area contributed by atoms with Crippen LogP contribution in [0.1, 0.15) is 30.6 Å². The average Bonchev–Trinajstić information content (AvgIpc) is 2.68. The number of nitrogens with zero attached hydrogens (tertiary/aromatic N) is 1. The molecule has 0 bridgehead atoms. The van der Waals surface area contributed by atoms with Crippen LogP contribution in [0.4, 0.5) is 14.5 Å². The zero-order chi connectivity index (χ0) is 21.9. The van der Waals surface area contributed by atoms with Crippen molar-refractivity contribution in [2.24, 2.45) is 11.8 Å². The van der Waals surface area contributed by atoms with E-state index in [-0.39, 0.29) is 22.3 Å². The molecular weight excluding hydrogens is 430 g/mol. The van der Waals surface area contributed by atoms with E-state index < -0.39 is 21.7 Å². The van der Waals surface area contributed by atoms with E-state index in [2.05, 4.69) is 5.32 Å². The number of amides is 1. The molecule has 0 aliphatic carbocycles. The van der Waals surface area contributed by atoms with Crippen molar-refractivity contribution < 1.29 is 22.0 Å². The first kappa shape index (κ1) is 22.7. The van der Waals surface area contributed by atoms with E-state index in [4.69, 9.17) is 0 Å². The molecule has 162 valence electrons. The van der Waals surface area contributed by atoms with Gasteiger partial charge >= 0.3 is 0 Å². The van der Waals surface area contributed by atoms with Crippen LogP contribution in [0, 0.1) is 11.8 Å². The standard InChI is InChI=1S/C21H24F2N2O3S2/c1-14-10-15(2)13-25(12-14)30(27,28)19-5-3-4-16(11-19)20(26)24-17-6-8-18(9-7-17)29-21(22)23/h3-9,11,14-15,21H,10,12-13H2,1-2H3,(H,24,26). The van der Waals surface area contributed by atoms with Crippen LogP contribution in [0.15, 0.2) is 58.3 Å². The van der Waals surface area contributed by atoms with Crippen molar-refractivity contribution in [3.05, 3.63) is 54.1 Å². The van der Waals surface area contributed by atoms with Crippen molar-refractivity contribution in [3.8, 4) is 0 Å². The van der Waals surface area contributed by atoms with E-state index >= 15 is 0 Å². The van der Waals surface area contributed by atoms with Gasteiger partial charge in [0.15, 0.2) is 0 Å². The summed E-state index contributed by atoms with van der Waals surface area (Å²) in [5.41, 5.74) is 0.644. The molecule has 1 aliphatic heterocycles. The molecule has 1 aliphatic rings. The SMILES string of the molecule is CC1CC(C)CN(S(=O)(=O)c2cccc(C(=O)Nc3ccc(SC(F)F)cc3)c2)C1. The molecule has 5 nitrogen and oxygen atoms in total. The number of piperidine rings is 1. The van der Waals surface area contributed by atoms with Crippen molar-refractivity contribution in [1.82, 2.24) is 4.31 Å². The van der Waals surface area contributed by atoms with Gasteiger partial charge in [0, 0.05) is 29.2 Å². The zero-order valence-corrected chi connectivity index (χ0v) is 18.3. The molecule has 1 N–H and O–H groups in total. The van der Waals surface area contributed by atoms with E-state index in [1.807, 2.05) is 13.8 Å². The molecule has 2 aromatic carbocycles. The van der Waals surface area contributed by atoms with Gasteiger partial charge in [-0.1, -0.05) is 31.7 Å². The maximum Gasteiger partial charge on any atom is 0.288 e. The Hall–Kier alpha value is -1.97. The first-order valence-electron chi connectivity index (χ1n) is 9.61. The summed E-state index contributed by atoms with van der Waals surface area (Å²) in [7, 11) is -3.69. The normalized spacial score (nSPS) is 20.3. The molecule has 0 aromatic heterocycles. The van der Waals surface area contributed by atoms with Gasteiger partial charge < -0.3 is 5.32 Å². The van der Waals surface area contributed by atoms with Gasteiger partial charge in [-0.3, -0.25) is 4.79 Å². The van der Waals surface area contributed by atoms with Gasteiger partial charge in [-0.25, -0.2) is 8.42 Å². The Balaban J connectivity index is 1.75. The highest BCUT2D eigenvalue weighted by atomic mass is 32.2. The van der Waals surface area contributed by atoms with E-state index in [0.717, 1.165) is 6.42 Å². The third kappa shape index (κ3) is 5.59. The molecule has 1 heterocycles. The molecule has 1 saturated heterocycles. The van der Waals surface area contributed by atoms with Crippen molar-refractivity contribution in [3.63, 3.8) is 0 Å². The number of alkyl halides is 2. The molecule has 1 amide bonds. The minimum Gasteiger partial charge on any atom is -0.322 e. The second-order valence-corrected chi connectivity index (χ2v) is 10.7. The van der Waals surface area contributed by atoms with Gasteiger partial charge in [-0.2, -0.15) is 13.1 Å². The van der Waals surface area contributed by atoms with Crippen LogP contribution in [-0.4, -0.2) is 37.5 Å². The molecule has 2 aromatic rings. The van der Waals surface area contributed by atoms with Crippen molar-refractivity contribution in [2.45, 2.75) is 35.8 Å². The van der Waals surface area contributed by atoms with Crippen LogP contribution in [0.25, 0.3) is 0 Å². The lowest BCUT2D eigenvalue weighted by Gasteiger charge is -2.34. The maximum atomic E-state index is 13.1. The molecular formula is C21H24F2N2O3S2. The van der Waals surface area contributed by atoms with Crippen molar-refractivity contribution in [1.29, 1.82) is 0 Å². The number of rotatable bonds is 6. The summed E-state index contributed by atoms with van der Waals surface area (Å²) in [6.45, 7) is 5.00. The first-order valence-corrected chi connectivity index (χ1v) is 11.9. The monoisotopic (exact) mass is 454 g/mol. The summed E-state index contributed by atoms with van der Waals surface area (Å²) >= 11 is 0.423. The van der Waals surface area contributed by atoms with Crippen molar-refractivity contribution >= 4 is 33.4 Å². The van der Waals surface area contributed by atoms with Gasteiger partial charge in [0.05, 0.1) is 4.90 Å². The van der Waals surface area contributed by atoms with Crippen molar-refractivity contribution in [2.75, 3.05) is 18.4 Å². The average molecular weight is 455 g/mol. The Morgan fingerprint density at radius 3 is 2.33 bits per heavy atom. The number of halogens is 2. The summed E-state index contributed by atoms with van der Waals surface area (Å²) in [5.74, 6) is -2.43. The molecule has 0 saturated carbocycles. The fourth-order valence-corrected chi connectivity index (χ4v) is 5.90. The Bertz CT molecular complexity index is 988. The predicted octanol–water partition coefficient (Wildman–Crippen LogP) is 4.92. The number of thioether (sulfide) groups is 1. The molecule has 0 radical (unpaired) electrons. The number of hydrogen-bond acceptors (Lipinski definition) is 4. The predicted molar refractivity (Wildman–Crippen MR) is 114 cm³/mol. The largest absolute Gasteiger partial charge is 0.322 e. The minimum absolute atomic E-state index is 0.0835. The molecule has 2 unspecified atom stereocenters. The zero-order valence-electron chi connectivity index (χ0n) is 16.7. The number of benzene rings is 2. The van der Waals surface area contributed by atoms with E-state index in [9.17, 15) is 22.0 Å². The van der Waals surface area contributed by atoms with Gasteiger partial charge in [-0.15, -0.1) is 0 Å². The Morgan fingerprint density at radius 1 is 1.10 bits per heavy atom. The number of sulfonamides is 1. The first-order chi connectivity index (χ1) is 14.1. The van der Waals surface area contributed by atoms with Crippen LogP contribution < -0.4 is 5.32 Å². The summed E-state index contributed by atoms with van der Waals surface area (Å²) in [6.07, 6.45) is 0.989. The topological polar surface area (TPSA) is 66.5 Å². The van der Waals surface area contributed by atoms with Crippen LogP contribution in [0.5, 0.6) is 0 Å². The van der Waals surface area contributed by atoms with Gasteiger partial charge in [0.25, 0.3) is 11.7 Å². The highest BCUT2D eigenvalue weighted by Gasteiger charge is 2.32. The second-order valence-electron chi connectivity index (χ2n) is 7.65. The summed E-state index contributed by atoms with van der Waals surface area (Å²) in [6, 6.07) is 12.0. The summed E-state index contributed by atoms with van der Waals surface area (Å²) in [4.78, 5) is 13.1. The lowest BCUT2D eigenvalue weighted by molar-refractivity contribution is 0.102. The fraction of sp³-hybridized carbons (Fsp3) is 0.381. The van der Waals surface area contributed by atoms with Crippen LogP contribution in [-0.2, 0) is 10.0 Å². The lowest BCUT2D eigenvalue weighted by atomic mass is 9.94. The summed E-state index contributed by atoms with van der Waals surface area (Å²) in [5, 5.41) is 2.67. The Kier molecular flexibility index (Phi) is 7.15. The molecule has 2 atom stereocenters. The van der Waals surface area contributed by atoms with Gasteiger partial charge in [-0.05, 0) is 60.7 Å². The van der Waals surface area contributed by atoms with E-state index in [1.54, 1.807) is 6.07 Å². The number of carbonyl (C=O) groups is 1. The summed E-state index contributed by atoms with van der Waals surface area (Å²) < 4.78 is 52.4. The van der Waals surface area contributed by atoms with Crippen LogP contribution >= 0.6 is 11.8 Å². The molecule has 30 heavy (non-hydrogen) atoms. The minimum atomic E-state index is -3.69. The Morgan fingerprint density at radius 2 is 1.73 bits per heavy atom. The molecule has 1 fully saturated rings. The molecule has 9 heteroatoms. The third-order valence-corrected chi connectivity index (χ3v) is 7.46. The fourth-order valence-electron chi connectivity index (χ4n) is 3.67. The van der Waals surface area contributed by atoms with Crippen LogP contribution in [0.3, 0.4) is 0 Å². The highest BCUT2D eigenvalue weighted by molar-refractivity contribution is 7.99. The molecule has 0 spiro atoms. The quantitative estimate of drug-likeness (QED) is 0.629. The van der Waals surface area contributed by atoms with Crippen LogP contribution in [0.2, 0.25) is 0 Å².